The van der Waals surface area contributed by atoms with Crippen LogP contribution in [-0.4, -0.2) is 8.42 Å². The number of hydrogen-bond donors (Lipinski definition) is 1. The van der Waals surface area contributed by atoms with Crippen molar-refractivity contribution in [2.75, 3.05) is 0 Å². The second-order valence-corrected chi connectivity index (χ2v) is 6.34. The van der Waals surface area contributed by atoms with Gasteiger partial charge in [-0.1, -0.05) is 18.2 Å². The van der Waals surface area contributed by atoms with Crippen molar-refractivity contribution < 1.29 is 17.2 Å². The molecule has 2 N–H and O–H groups in total. The van der Waals surface area contributed by atoms with Crippen LogP contribution in [0, 0.1) is 11.6 Å². The molecule has 20 heavy (non-hydrogen) atoms. The standard InChI is InChI=1S/C14H13F2NO2S/c15-12-2-1-3-13(7-12)20(18,19)9-10-4-5-14(16)11(6-10)8-17/h1-7H,8-9,17H2. The SMILES string of the molecule is NCc1cc(CS(=O)(=O)c2cccc(F)c2)ccc1F. The molecule has 106 valence electrons. The van der Waals surface area contributed by atoms with Gasteiger partial charge in [0.25, 0.3) is 0 Å². The molecule has 0 heterocycles. The summed E-state index contributed by atoms with van der Waals surface area (Å²) in [5.41, 5.74) is 6.04. The molecule has 0 fully saturated rings. The molecule has 0 aliphatic carbocycles. The molecular formula is C14H13F2NO2S. The number of nitrogens with two attached hydrogens (primary N) is 1. The minimum Gasteiger partial charge on any atom is -0.326 e. The van der Waals surface area contributed by atoms with Crippen LogP contribution in [0.25, 0.3) is 0 Å². The Morgan fingerprint density at radius 1 is 1.05 bits per heavy atom. The van der Waals surface area contributed by atoms with Crippen molar-refractivity contribution in [2.45, 2.75) is 17.2 Å². The van der Waals surface area contributed by atoms with E-state index in [1.165, 1.54) is 36.4 Å². The van der Waals surface area contributed by atoms with E-state index < -0.39 is 21.5 Å². The first-order valence-electron chi connectivity index (χ1n) is 5.88. The highest BCUT2D eigenvalue weighted by Crippen LogP contribution is 2.19. The maximum Gasteiger partial charge on any atom is 0.182 e. The second-order valence-electron chi connectivity index (χ2n) is 4.35. The van der Waals surface area contributed by atoms with Crippen LogP contribution < -0.4 is 5.73 Å². The highest BCUT2D eigenvalue weighted by Gasteiger charge is 2.16. The first-order valence-corrected chi connectivity index (χ1v) is 7.53. The fourth-order valence-electron chi connectivity index (χ4n) is 1.84. The van der Waals surface area contributed by atoms with Gasteiger partial charge in [-0.2, -0.15) is 0 Å². The Labute approximate surface area is 116 Å². The van der Waals surface area contributed by atoms with E-state index in [0.717, 1.165) is 6.07 Å². The van der Waals surface area contributed by atoms with Crippen LogP contribution in [0.3, 0.4) is 0 Å². The lowest BCUT2D eigenvalue weighted by Gasteiger charge is -2.07. The van der Waals surface area contributed by atoms with Crippen LogP contribution in [-0.2, 0) is 22.1 Å². The molecule has 2 rings (SSSR count). The monoisotopic (exact) mass is 297 g/mol. The summed E-state index contributed by atoms with van der Waals surface area (Å²) in [7, 11) is -3.68. The molecule has 2 aromatic rings. The summed E-state index contributed by atoms with van der Waals surface area (Å²) >= 11 is 0. The first kappa shape index (κ1) is 14.6. The molecule has 0 unspecified atom stereocenters. The van der Waals surface area contributed by atoms with Gasteiger partial charge in [0.05, 0.1) is 10.6 Å². The van der Waals surface area contributed by atoms with Gasteiger partial charge < -0.3 is 5.73 Å². The fraction of sp³-hybridized carbons (Fsp3) is 0.143. The molecule has 0 radical (unpaired) electrons. The third-order valence-corrected chi connectivity index (χ3v) is 4.53. The van der Waals surface area contributed by atoms with Crippen LogP contribution in [0.15, 0.2) is 47.4 Å². The van der Waals surface area contributed by atoms with E-state index in [1.54, 1.807) is 0 Å². The zero-order valence-electron chi connectivity index (χ0n) is 10.5. The van der Waals surface area contributed by atoms with Crippen LogP contribution in [0.4, 0.5) is 8.78 Å². The molecule has 0 aromatic heterocycles. The van der Waals surface area contributed by atoms with Gasteiger partial charge in [0.1, 0.15) is 11.6 Å². The van der Waals surface area contributed by atoms with Crippen molar-refractivity contribution in [3.05, 3.63) is 65.2 Å². The van der Waals surface area contributed by atoms with Gasteiger partial charge in [-0.25, -0.2) is 17.2 Å². The van der Waals surface area contributed by atoms with E-state index in [4.69, 9.17) is 5.73 Å². The molecule has 0 aliphatic heterocycles. The number of sulfone groups is 1. The van der Waals surface area contributed by atoms with Crippen LogP contribution >= 0.6 is 0 Å². The molecule has 2 aromatic carbocycles. The summed E-state index contributed by atoms with van der Waals surface area (Å²) in [4.78, 5) is -0.101. The zero-order valence-corrected chi connectivity index (χ0v) is 11.3. The van der Waals surface area contributed by atoms with Gasteiger partial charge in [-0.05, 0) is 29.8 Å². The van der Waals surface area contributed by atoms with Gasteiger partial charge in [0.2, 0.25) is 0 Å². The van der Waals surface area contributed by atoms with Crippen molar-refractivity contribution in [3.63, 3.8) is 0 Å². The number of benzene rings is 2. The normalized spacial score (nSPS) is 11.6. The van der Waals surface area contributed by atoms with Crippen molar-refractivity contribution in [1.29, 1.82) is 0 Å². The van der Waals surface area contributed by atoms with E-state index in [9.17, 15) is 17.2 Å². The summed E-state index contributed by atoms with van der Waals surface area (Å²) in [6, 6.07) is 8.76. The number of halogens is 2. The van der Waals surface area contributed by atoms with Gasteiger partial charge in [0, 0.05) is 12.1 Å². The number of rotatable bonds is 4. The van der Waals surface area contributed by atoms with E-state index >= 15 is 0 Å². The van der Waals surface area contributed by atoms with Gasteiger partial charge in [0.15, 0.2) is 9.84 Å². The number of hydrogen-bond acceptors (Lipinski definition) is 3. The second kappa shape index (κ2) is 5.68. The molecular weight excluding hydrogens is 284 g/mol. The third kappa shape index (κ3) is 3.20. The summed E-state index contributed by atoms with van der Waals surface area (Å²) in [5.74, 6) is -1.42. The van der Waals surface area contributed by atoms with Crippen LogP contribution in [0.2, 0.25) is 0 Å². The minimum absolute atomic E-state index is 0.0142. The third-order valence-electron chi connectivity index (χ3n) is 2.84. The molecule has 0 bridgehead atoms. The van der Waals surface area contributed by atoms with Crippen molar-refractivity contribution in [1.82, 2.24) is 0 Å². The van der Waals surface area contributed by atoms with E-state index in [-0.39, 0.29) is 22.8 Å². The Balaban J connectivity index is 2.33. The summed E-state index contributed by atoms with van der Waals surface area (Å²) in [6.07, 6.45) is 0. The van der Waals surface area contributed by atoms with Crippen LogP contribution in [0.1, 0.15) is 11.1 Å². The van der Waals surface area contributed by atoms with Crippen molar-refractivity contribution in [3.8, 4) is 0 Å². The highest BCUT2D eigenvalue weighted by atomic mass is 32.2. The predicted molar refractivity (Wildman–Crippen MR) is 71.6 cm³/mol. The zero-order chi connectivity index (χ0) is 14.8. The van der Waals surface area contributed by atoms with E-state index in [1.807, 2.05) is 0 Å². The minimum atomic E-state index is -3.68. The molecule has 0 spiro atoms. The average molecular weight is 297 g/mol. The summed E-state index contributed by atoms with van der Waals surface area (Å²) in [5, 5.41) is 0. The lowest BCUT2D eigenvalue weighted by molar-refractivity contribution is 0.589. The highest BCUT2D eigenvalue weighted by molar-refractivity contribution is 7.90. The van der Waals surface area contributed by atoms with E-state index in [2.05, 4.69) is 0 Å². The Morgan fingerprint density at radius 2 is 1.80 bits per heavy atom. The molecule has 0 amide bonds. The van der Waals surface area contributed by atoms with Gasteiger partial charge >= 0.3 is 0 Å². The maximum atomic E-state index is 13.3. The molecule has 6 heteroatoms. The lowest BCUT2D eigenvalue weighted by Crippen LogP contribution is -2.07. The largest absolute Gasteiger partial charge is 0.326 e. The summed E-state index contributed by atoms with van der Waals surface area (Å²) < 4.78 is 50.7. The first-order chi connectivity index (χ1) is 9.42. The Kier molecular flexibility index (Phi) is 4.15. The molecule has 0 saturated heterocycles. The van der Waals surface area contributed by atoms with E-state index in [0.29, 0.717) is 5.56 Å². The lowest BCUT2D eigenvalue weighted by atomic mass is 10.1. The molecule has 3 nitrogen and oxygen atoms in total. The van der Waals surface area contributed by atoms with Gasteiger partial charge in [-0.15, -0.1) is 0 Å². The average Bonchev–Trinajstić information content (AvgIpc) is 2.40. The topological polar surface area (TPSA) is 60.2 Å². The van der Waals surface area contributed by atoms with Crippen molar-refractivity contribution >= 4 is 9.84 Å². The summed E-state index contributed by atoms with van der Waals surface area (Å²) in [6.45, 7) is -0.0142. The molecule has 0 aliphatic rings. The van der Waals surface area contributed by atoms with Gasteiger partial charge in [-0.3, -0.25) is 0 Å². The smallest absolute Gasteiger partial charge is 0.182 e. The predicted octanol–water partition coefficient (Wildman–Crippen LogP) is 2.40. The Bertz CT molecular complexity index is 730. The fourth-order valence-corrected chi connectivity index (χ4v) is 3.20. The van der Waals surface area contributed by atoms with Crippen molar-refractivity contribution in [2.24, 2.45) is 5.73 Å². The molecule has 0 atom stereocenters. The van der Waals surface area contributed by atoms with Crippen LogP contribution in [0.5, 0.6) is 0 Å². The molecule has 0 saturated carbocycles. The Morgan fingerprint density at radius 3 is 2.45 bits per heavy atom. The maximum absolute atomic E-state index is 13.3. The quantitative estimate of drug-likeness (QED) is 0.942. The Hall–Kier alpha value is -1.79.